The minimum atomic E-state index is -2.37. The van der Waals surface area contributed by atoms with Gasteiger partial charge in [0.15, 0.2) is 8.32 Å². The summed E-state index contributed by atoms with van der Waals surface area (Å²) in [7, 11) is -2.37. The van der Waals surface area contributed by atoms with Gasteiger partial charge in [0.1, 0.15) is 11.6 Å². The Kier molecular flexibility index (Phi) is 5.58. The SMILES string of the molecule is CC(C)(C)OC(=O)N1CC(CC(C)(C)[Si](C)(C)O)C[C@H]1C(=O)O. The van der Waals surface area contributed by atoms with Crippen molar-refractivity contribution in [1.29, 1.82) is 0 Å². The number of carbonyl (C=O) groups is 2. The summed E-state index contributed by atoms with van der Waals surface area (Å²) >= 11 is 0. The van der Waals surface area contributed by atoms with Crippen molar-refractivity contribution in [2.75, 3.05) is 6.54 Å². The summed E-state index contributed by atoms with van der Waals surface area (Å²) in [6, 6.07) is -0.853. The van der Waals surface area contributed by atoms with E-state index >= 15 is 0 Å². The van der Waals surface area contributed by atoms with Gasteiger partial charge < -0.3 is 14.6 Å². The minimum absolute atomic E-state index is 0.0533. The highest BCUT2D eigenvalue weighted by Crippen LogP contribution is 2.44. The summed E-state index contributed by atoms with van der Waals surface area (Å²) < 4.78 is 5.33. The lowest BCUT2D eigenvalue weighted by Gasteiger charge is -2.37. The molecule has 7 heteroatoms. The van der Waals surface area contributed by atoms with Gasteiger partial charge in [0.2, 0.25) is 0 Å². The minimum Gasteiger partial charge on any atom is -0.480 e. The van der Waals surface area contributed by atoms with E-state index in [4.69, 9.17) is 4.74 Å². The van der Waals surface area contributed by atoms with E-state index in [9.17, 15) is 19.5 Å². The van der Waals surface area contributed by atoms with Gasteiger partial charge in [-0.3, -0.25) is 4.90 Å². The molecule has 2 atom stereocenters. The fraction of sp³-hybridized carbons (Fsp3) is 0.875. The molecular weight excluding hydrogens is 314 g/mol. The number of rotatable bonds is 4. The molecule has 0 aromatic heterocycles. The third-order valence-corrected chi connectivity index (χ3v) is 8.27. The fourth-order valence-electron chi connectivity index (χ4n) is 2.80. The quantitative estimate of drug-likeness (QED) is 0.765. The first-order valence-electron chi connectivity index (χ1n) is 8.09. The Labute approximate surface area is 139 Å². The monoisotopic (exact) mass is 345 g/mol. The van der Waals surface area contributed by atoms with E-state index in [0.717, 1.165) is 0 Å². The number of ether oxygens (including phenoxy) is 1. The highest BCUT2D eigenvalue weighted by molar-refractivity contribution is 6.72. The van der Waals surface area contributed by atoms with Crippen molar-refractivity contribution >= 4 is 20.4 Å². The average molecular weight is 346 g/mol. The molecule has 0 bridgehead atoms. The molecule has 1 saturated heterocycles. The largest absolute Gasteiger partial charge is 0.480 e. The average Bonchev–Trinajstić information content (AvgIpc) is 2.68. The van der Waals surface area contributed by atoms with Gasteiger partial charge in [0, 0.05) is 6.54 Å². The zero-order valence-electron chi connectivity index (χ0n) is 15.3. The van der Waals surface area contributed by atoms with Crippen LogP contribution < -0.4 is 0 Å². The predicted molar refractivity (Wildman–Crippen MR) is 90.8 cm³/mol. The molecule has 1 amide bonds. The molecule has 1 aliphatic rings. The molecule has 2 N–H and O–H groups in total. The first kappa shape index (κ1) is 20.0. The van der Waals surface area contributed by atoms with Gasteiger partial charge in [-0.2, -0.15) is 0 Å². The first-order valence-corrected chi connectivity index (χ1v) is 11.0. The lowest BCUT2D eigenvalue weighted by Crippen LogP contribution is -2.43. The molecule has 1 rings (SSSR count). The van der Waals surface area contributed by atoms with Crippen molar-refractivity contribution in [1.82, 2.24) is 4.90 Å². The number of aliphatic carboxylic acids is 1. The van der Waals surface area contributed by atoms with Crippen LogP contribution in [0.2, 0.25) is 18.1 Å². The smallest absolute Gasteiger partial charge is 0.411 e. The fourth-order valence-corrected chi connectivity index (χ4v) is 3.59. The van der Waals surface area contributed by atoms with Crippen LogP contribution in [0.4, 0.5) is 4.79 Å². The highest BCUT2D eigenvalue weighted by Gasteiger charge is 2.46. The number of carbonyl (C=O) groups excluding carboxylic acids is 1. The molecule has 0 radical (unpaired) electrons. The van der Waals surface area contributed by atoms with E-state index in [1.54, 1.807) is 20.8 Å². The molecule has 0 aliphatic carbocycles. The third-order valence-electron chi connectivity index (χ3n) is 4.76. The maximum Gasteiger partial charge on any atom is 0.411 e. The summed E-state index contributed by atoms with van der Waals surface area (Å²) in [5, 5.41) is 9.17. The van der Waals surface area contributed by atoms with Crippen molar-refractivity contribution in [3.05, 3.63) is 0 Å². The molecule has 0 saturated carbocycles. The summed E-state index contributed by atoms with van der Waals surface area (Å²) in [5.41, 5.74) is -0.655. The number of carboxylic acids is 1. The molecule has 134 valence electrons. The Morgan fingerprint density at radius 2 is 1.74 bits per heavy atom. The molecule has 6 nitrogen and oxygen atoms in total. The number of hydrogen-bond donors (Lipinski definition) is 2. The maximum atomic E-state index is 12.3. The van der Waals surface area contributed by atoms with Crippen LogP contribution in [0.25, 0.3) is 0 Å². The van der Waals surface area contributed by atoms with Gasteiger partial charge in [0.05, 0.1) is 0 Å². The summed E-state index contributed by atoms with van der Waals surface area (Å²) in [5.74, 6) is -0.950. The molecule has 1 aliphatic heterocycles. The van der Waals surface area contributed by atoms with Gasteiger partial charge >= 0.3 is 12.1 Å². The highest BCUT2D eigenvalue weighted by atomic mass is 28.4. The first-order chi connectivity index (χ1) is 10.1. The Bertz CT molecular complexity index is 464. The van der Waals surface area contributed by atoms with Crippen molar-refractivity contribution < 1.29 is 24.2 Å². The van der Waals surface area contributed by atoms with Gasteiger partial charge in [0.25, 0.3) is 0 Å². The Morgan fingerprint density at radius 3 is 2.13 bits per heavy atom. The van der Waals surface area contributed by atoms with E-state index in [-0.39, 0.29) is 11.0 Å². The topological polar surface area (TPSA) is 87.1 Å². The summed E-state index contributed by atoms with van der Waals surface area (Å²) in [6.45, 7) is 13.5. The molecule has 1 heterocycles. The van der Waals surface area contributed by atoms with E-state index < -0.39 is 32.0 Å². The van der Waals surface area contributed by atoms with Crippen LogP contribution in [-0.2, 0) is 9.53 Å². The second-order valence-corrected chi connectivity index (χ2v) is 13.2. The van der Waals surface area contributed by atoms with E-state index in [1.165, 1.54) is 4.90 Å². The van der Waals surface area contributed by atoms with E-state index in [1.807, 2.05) is 26.9 Å². The molecule has 0 aromatic rings. The molecule has 1 unspecified atom stereocenters. The van der Waals surface area contributed by atoms with E-state index in [0.29, 0.717) is 19.4 Å². The predicted octanol–water partition coefficient (Wildman–Crippen LogP) is 3.06. The molecule has 0 aromatic carbocycles. The molecule has 0 spiro atoms. The van der Waals surface area contributed by atoms with Gasteiger partial charge in [-0.15, -0.1) is 0 Å². The van der Waals surface area contributed by atoms with Crippen LogP contribution >= 0.6 is 0 Å². The Hall–Kier alpha value is -1.08. The van der Waals surface area contributed by atoms with Crippen LogP contribution in [0.3, 0.4) is 0 Å². The zero-order valence-corrected chi connectivity index (χ0v) is 16.3. The second-order valence-electron chi connectivity index (χ2n) is 8.74. The molecular formula is C16H31NO5Si. The van der Waals surface area contributed by atoms with Crippen LogP contribution in [0, 0.1) is 5.92 Å². The molecule has 1 fully saturated rings. The number of carboxylic acid groups (broad SMARTS) is 1. The van der Waals surface area contributed by atoms with Crippen LogP contribution in [0.5, 0.6) is 0 Å². The standard InChI is InChI=1S/C16H31NO5Si/c1-15(2,3)22-14(20)17-10-11(8-12(17)13(18)19)9-16(4,5)23(6,7)21/h11-12,21H,8-10H2,1-7H3,(H,18,19)/t11?,12-/m0/s1. The van der Waals surface area contributed by atoms with Crippen LogP contribution in [0.15, 0.2) is 0 Å². The third kappa shape index (κ3) is 5.21. The number of amides is 1. The maximum absolute atomic E-state index is 12.3. The number of hydrogen-bond acceptors (Lipinski definition) is 4. The normalized spacial score (nSPS) is 23.0. The summed E-state index contributed by atoms with van der Waals surface area (Å²) in [4.78, 5) is 35.5. The van der Waals surface area contributed by atoms with Gasteiger partial charge in [-0.25, -0.2) is 9.59 Å². The lowest BCUT2D eigenvalue weighted by molar-refractivity contribution is -0.142. The Balaban J connectivity index is 2.87. The molecule has 23 heavy (non-hydrogen) atoms. The second kappa shape index (κ2) is 6.43. The Morgan fingerprint density at radius 1 is 1.22 bits per heavy atom. The number of nitrogens with zero attached hydrogens (tertiary/aromatic N) is 1. The summed E-state index contributed by atoms with van der Waals surface area (Å²) in [6.07, 6.45) is 0.527. The zero-order chi connectivity index (χ0) is 18.2. The van der Waals surface area contributed by atoms with Crippen molar-refractivity contribution in [2.45, 2.75) is 77.2 Å². The van der Waals surface area contributed by atoms with Crippen molar-refractivity contribution in [3.63, 3.8) is 0 Å². The van der Waals surface area contributed by atoms with Gasteiger partial charge in [-0.1, -0.05) is 13.8 Å². The van der Waals surface area contributed by atoms with Crippen molar-refractivity contribution in [2.24, 2.45) is 5.92 Å². The van der Waals surface area contributed by atoms with E-state index in [2.05, 4.69) is 0 Å². The van der Waals surface area contributed by atoms with Crippen LogP contribution in [0.1, 0.15) is 47.5 Å². The van der Waals surface area contributed by atoms with Gasteiger partial charge in [-0.05, 0) is 57.7 Å². The van der Waals surface area contributed by atoms with Crippen molar-refractivity contribution in [3.8, 4) is 0 Å². The number of likely N-dealkylation sites (tertiary alicyclic amines) is 1. The van der Waals surface area contributed by atoms with Crippen LogP contribution in [-0.4, -0.2) is 53.4 Å². The lowest BCUT2D eigenvalue weighted by atomic mass is 9.94.